The van der Waals surface area contributed by atoms with Crippen molar-refractivity contribution in [3.63, 3.8) is 0 Å². The van der Waals surface area contributed by atoms with Crippen LogP contribution in [0.4, 0.5) is 0 Å². The van der Waals surface area contributed by atoms with Crippen molar-refractivity contribution in [1.82, 2.24) is 0 Å². The molecular formula is C8H14ClO3P. The lowest BCUT2D eigenvalue weighted by Gasteiger charge is -2.39. The van der Waals surface area contributed by atoms with Gasteiger partial charge in [0.15, 0.2) is 0 Å². The predicted molar refractivity (Wildman–Crippen MR) is 52.9 cm³/mol. The third-order valence-corrected chi connectivity index (χ3v) is 3.96. The van der Waals surface area contributed by atoms with Gasteiger partial charge in [0.05, 0.1) is 12.7 Å². The molecule has 0 N–H and O–H groups in total. The van der Waals surface area contributed by atoms with Gasteiger partial charge in [-0.15, -0.1) is 6.58 Å². The highest BCUT2D eigenvalue weighted by molar-refractivity contribution is 7.81. The molecule has 0 aromatic rings. The number of hydrogen-bond donors (Lipinski definition) is 0. The van der Waals surface area contributed by atoms with Crippen LogP contribution in [0.3, 0.4) is 0 Å². The Balaban J connectivity index is 2.72. The standard InChI is InChI=1S/C8H14ClO3P/c1-4-5-8(3)6-11-13(9,10)12-7(8)2/h4,7H,1,5-6H2,2-3H3. The maximum Gasteiger partial charge on any atom is 0.424 e. The van der Waals surface area contributed by atoms with Gasteiger partial charge in [0.25, 0.3) is 0 Å². The van der Waals surface area contributed by atoms with E-state index in [-0.39, 0.29) is 11.5 Å². The summed E-state index contributed by atoms with van der Waals surface area (Å²) < 4.78 is 21.3. The van der Waals surface area contributed by atoms with Crippen LogP contribution in [0, 0.1) is 5.41 Å². The van der Waals surface area contributed by atoms with Crippen molar-refractivity contribution >= 4 is 18.2 Å². The Bertz CT molecular complexity index is 256. The third kappa shape index (κ3) is 2.57. The molecule has 1 aliphatic heterocycles. The number of allylic oxidation sites excluding steroid dienone is 1. The van der Waals surface area contributed by atoms with Gasteiger partial charge >= 0.3 is 6.95 Å². The highest BCUT2D eigenvalue weighted by Gasteiger charge is 2.43. The molecule has 0 bridgehead atoms. The fraction of sp³-hybridized carbons (Fsp3) is 0.750. The normalized spacial score (nSPS) is 45.9. The molecule has 1 heterocycles. The van der Waals surface area contributed by atoms with E-state index in [1.165, 1.54) is 0 Å². The average molecular weight is 225 g/mol. The van der Waals surface area contributed by atoms with Gasteiger partial charge in [0, 0.05) is 16.7 Å². The first kappa shape index (κ1) is 11.3. The van der Waals surface area contributed by atoms with Crippen LogP contribution in [0.25, 0.3) is 0 Å². The fourth-order valence-corrected chi connectivity index (χ4v) is 2.89. The van der Waals surface area contributed by atoms with Crippen molar-refractivity contribution in [2.75, 3.05) is 6.61 Å². The molecule has 5 heteroatoms. The highest BCUT2D eigenvalue weighted by Crippen LogP contribution is 2.60. The minimum Gasteiger partial charge on any atom is -0.296 e. The molecule has 13 heavy (non-hydrogen) atoms. The number of halogens is 1. The van der Waals surface area contributed by atoms with Gasteiger partial charge in [0.1, 0.15) is 0 Å². The molecule has 1 aliphatic rings. The van der Waals surface area contributed by atoms with Crippen molar-refractivity contribution in [3.8, 4) is 0 Å². The van der Waals surface area contributed by atoms with Crippen LogP contribution >= 0.6 is 18.2 Å². The quantitative estimate of drug-likeness (QED) is 0.533. The summed E-state index contributed by atoms with van der Waals surface area (Å²) >= 11 is 5.48. The zero-order chi connectivity index (χ0) is 10.1. The molecule has 0 aromatic carbocycles. The molecule has 0 aromatic heterocycles. The van der Waals surface area contributed by atoms with Crippen LogP contribution in [-0.4, -0.2) is 12.7 Å². The summed E-state index contributed by atoms with van der Waals surface area (Å²) in [4.78, 5) is 0. The van der Waals surface area contributed by atoms with Crippen molar-refractivity contribution in [2.24, 2.45) is 5.41 Å². The van der Waals surface area contributed by atoms with E-state index in [0.29, 0.717) is 6.61 Å². The van der Waals surface area contributed by atoms with Crippen LogP contribution in [-0.2, 0) is 13.6 Å². The second-order valence-electron chi connectivity index (χ2n) is 3.60. The van der Waals surface area contributed by atoms with Gasteiger partial charge in [-0.25, -0.2) is 4.57 Å². The van der Waals surface area contributed by atoms with Crippen molar-refractivity contribution in [2.45, 2.75) is 26.4 Å². The van der Waals surface area contributed by atoms with Crippen molar-refractivity contribution in [3.05, 3.63) is 12.7 Å². The minimum absolute atomic E-state index is 0.176. The lowest BCUT2D eigenvalue weighted by Crippen LogP contribution is -2.38. The first-order chi connectivity index (χ1) is 5.90. The largest absolute Gasteiger partial charge is 0.424 e. The smallest absolute Gasteiger partial charge is 0.296 e. The van der Waals surface area contributed by atoms with Gasteiger partial charge in [-0.05, 0) is 13.3 Å². The van der Waals surface area contributed by atoms with E-state index in [2.05, 4.69) is 6.58 Å². The summed E-state index contributed by atoms with van der Waals surface area (Å²) in [5.74, 6) is 0. The monoisotopic (exact) mass is 224 g/mol. The molecule has 0 radical (unpaired) electrons. The summed E-state index contributed by atoms with van der Waals surface area (Å²) in [5.41, 5.74) is -0.176. The van der Waals surface area contributed by atoms with Crippen LogP contribution < -0.4 is 0 Å². The van der Waals surface area contributed by atoms with Gasteiger partial charge in [0.2, 0.25) is 0 Å². The van der Waals surface area contributed by atoms with Crippen molar-refractivity contribution in [1.29, 1.82) is 0 Å². The molecule has 3 atom stereocenters. The van der Waals surface area contributed by atoms with Crippen LogP contribution in [0.5, 0.6) is 0 Å². The number of hydrogen-bond acceptors (Lipinski definition) is 3. The Morgan fingerprint density at radius 1 is 1.85 bits per heavy atom. The summed E-state index contributed by atoms with van der Waals surface area (Å²) in [6.45, 7) is 4.54. The molecule has 1 saturated heterocycles. The van der Waals surface area contributed by atoms with Gasteiger partial charge in [-0.1, -0.05) is 13.0 Å². The summed E-state index contributed by atoms with van der Waals surface area (Å²) in [7, 11) is 0. The second kappa shape index (κ2) is 3.74. The van der Waals surface area contributed by atoms with E-state index in [9.17, 15) is 4.57 Å². The molecule has 0 saturated carbocycles. The van der Waals surface area contributed by atoms with Crippen molar-refractivity contribution < 1.29 is 13.6 Å². The zero-order valence-electron chi connectivity index (χ0n) is 7.83. The van der Waals surface area contributed by atoms with Gasteiger partial charge in [-0.2, -0.15) is 0 Å². The topological polar surface area (TPSA) is 35.5 Å². The molecule has 3 unspecified atom stereocenters. The van der Waals surface area contributed by atoms with E-state index < -0.39 is 6.95 Å². The first-order valence-electron chi connectivity index (χ1n) is 4.13. The molecular weight excluding hydrogens is 211 g/mol. The zero-order valence-corrected chi connectivity index (χ0v) is 9.48. The molecule has 3 nitrogen and oxygen atoms in total. The molecule has 76 valence electrons. The molecule has 0 spiro atoms. The maximum absolute atomic E-state index is 11.2. The van der Waals surface area contributed by atoms with E-state index in [0.717, 1.165) is 6.42 Å². The Labute approximate surface area is 83.4 Å². The Hall–Kier alpha value is 0.180. The Morgan fingerprint density at radius 2 is 2.46 bits per heavy atom. The van der Waals surface area contributed by atoms with Crippen LogP contribution in [0.1, 0.15) is 20.3 Å². The van der Waals surface area contributed by atoms with Crippen LogP contribution in [0.2, 0.25) is 0 Å². The molecule has 1 rings (SSSR count). The van der Waals surface area contributed by atoms with Gasteiger partial charge in [-0.3, -0.25) is 9.05 Å². The highest BCUT2D eigenvalue weighted by atomic mass is 35.7. The molecule has 0 amide bonds. The number of rotatable bonds is 2. The third-order valence-electron chi connectivity index (χ3n) is 2.42. The van der Waals surface area contributed by atoms with Crippen LogP contribution in [0.15, 0.2) is 12.7 Å². The van der Waals surface area contributed by atoms with E-state index in [1.54, 1.807) is 6.08 Å². The molecule has 1 fully saturated rings. The molecule has 0 aliphatic carbocycles. The van der Waals surface area contributed by atoms with E-state index in [4.69, 9.17) is 20.3 Å². The summed E-state index contributed by atoms with van der Waals surface area (Å²) in [6.07, 6.45) is 2.38. The predicted octanol–water partition coefficient (Wildman–Crippen LogP) is 3.35. The van der Waals surface area contributed by atoms with E-state index >= 15 is 0 Å². The Kier molecular flexibility index (Phi) is 3.24. The average Bonchev–Trinajstić information content (AvgIpc) is 1.99. The SMILES string of the molecule is C=CCC1(C)COP(=O)(Cl)OC1C. The lowest BCUT2D eigenvalue weighted by atomic mass is 9.83. The maximum atomic E-state index is 11.2. The summed E-state index contributed by atoms with van der Waals surface area (Å²) in [5, 5.41) is 0. The van der Waals surface area contributed by atoms with Gasteiger partial charge < -0.3 is 0 Å². The second-order valence-corrected chi connectivity index (χ2v) is 6.17. The minimum atomic E-state index is -3.31. The lowest BCUT2D eigenvalue weighted by molar-refractivity contribution is -0.0179. The first-order valence-corrected chi connectivity index (χ1v) is 6.58. The Morgan fingerprint density at radius 3 is 2.92 bits per heavy atom. The summed E-state index contributed by atoms with van der Waals surface area (Å²) in [6, 6.07) is 0. The van der Waals surface area contributed by atoms with E-state index in [1.807, 2.05) is 13.8 Å². The fourth-order valence-electron chi connectivity index (χ4n) is 1.24.